The van der Waals surface area contributed by atoms with Crippen LogP contribution in [0.25, 0.3) is 0 Å². The van der Waals surface area contributed by atoms with Gasteiger partial charge in [-0.2, -0.15) is 4.31 Å². The summed E-state index contributed by atoms with van der Waals surface area (Å²) in [6.07, 6.45) is 1.45. The molecule has 0 aliphatic heterocycles. The van der Waals surface area contributed by atoms with Gasteiger partial charge in [-0.1, -0.05) is 0 Å². The minimum absolute atomic E-state index is 0.0602. The number of nitrogen functional groups attached to an aromatic ring is 1. The van der Waals surface area contributed by atoms with Crippen molar-refractivity contribution in [1.29, 1.82) is 0 Å². The first-order valence-corrected chi connectivity index (χ1v) is 6.88. The highest BCUT2D eigenvalue weighted by molar-refractivity contribution is 7.89. The van der Waals surface area contributed by atoms with Crippen molar-refractivity contribution in [2.24, 2.45) is 0 Å². The Hall–Kier alpha value is -1.86. The van der Waals surface area contributed by atoms with Crippen molar-refractivity contribution in [2.45, 2.75) is 11.4 Å². The number of furan rings is 1. The summed E-state index contributed by atoms with van der Waals surface area (Å²) < 4.78 is 43.8. The Kier molecular flexibility index (Phi) is 3.59. The summed E-state index contributed by atoms with van der Waals surface area (Å²) >= 11 is 0. The first-order valence-electron chi connectivity index (χ1n) is 5.44. The normalized spacial score (nSPS) is 11.9. The molecular formula is C12H13FN2O3S. The largest absolute Gasteiger partial charge is 0.468 e. The zero-order valence-corrected chi connectivity index (χ0v) is 11.0. The number of nitrogens with two attached hydrogens (primary N) is 1. The monoisotopic (exact) mass is 284 g/mol. The second-order valence-electron chi connectivity index (χ2n) is 4.06. The standard InChI is InChI=1S/C12H13FN2O3S/c1-15(8-11-3-2-4-18-11)19(16,17)12-6-9(13)5-10(14)7-12/h2-7H,8,14H2,1H3. The fourth-order valence-corrected chi connectivity index (χ4v) is 2.82. The molecule has 1 heterocycles. The average molecular weight is 284 g/mol. The van der Waals surface area contributed by atoms with Crippen LogP contribution in [-0.2, 0) is 16.6 Å². The van der Waals surface area contributed by atoms with E-state index in [9.17, 15) is 12.8 Å². The van der Waals surface area contributed by atoms with Gasteiger partial charge in [-0.05, 0) is 30.3 Å². The molecule has 5 nitrogen and oxygen atoms in total. The lowest BCUT2D eigenvalue weighted by molar-refractivity contribution is 0.406. The molecular weight excluding hydrogens is 271 g/mol. The van der Waals surface area contributed by atoms with E-state index < -0.39 is 15.8 Å². The van der Waals surface area contributed by atoms with Crippen LogP contribution >= 0.6 is 0 Å². The number of hydrogen-bond acceptors (Lipinski definition) is 4. The summed E-state index contributed by atoms with van der Waals surface area (Å²) in [6.45, 7) is 0.0613. The number of benzene rings is 1. The predicted octanol–water partition coefficient (Wildman–Crippen LogP) is 1.82. The van der Waals surface area contributed by atoms with Gasteiger partial charge >= 0.3 is 0 Å². The molecule has 102 valence electrons. The Morgan fingerprint density at radius 3 is 2.68 bits per heavy atom. The zero-order chi connectivity index (χ0) is 14.0. The van der Waals surface area contributed by atoms with Gasteiger partial charge < -0.3 is 10.2 Å². The number of nitrogens with zero attached hydrogens (tertiary/aromatic N) is 1. The Balaban J connectivity index is 2.31. The van der Waals surface area contributed by atoms with E-state index in [1.54, 1.807) is 12.1 Å². The topological polar surface area (TPSA) is 76.5 Å². The quantitative estimate of drug-likeness (QED) is 0.869. The molecule has 2 aromatic rings. The van der Waals surface area contributed by atoms with E-state index in [1.807, 2.05) is 0 Å². The van der Waals surface area contributed by atoms with Gasteiger partial charge in [0, 0.05) is 12.7 Å². The van der Waals surface area contributed by atoms with Crippen LogP contribution in [0.1, 0.15) is 5.76 Å². The summed E-state index contributed by atoms with van der Waals surface area (Å²) in [6, 6.07) is 6.54. The van der Waals surface area contributed by atoms with Crippen molar-refractivity contribution in [3.8, 4) is 0 Å². The molecule has 2 rings (SSSR count). The smallest absolute Gasteiger partial charge is 0.243 e. The van der Waals surface area contributed by atoms with Crippen LogP contribution in [0.2, 0.25) is 0 Å². The molecule has 0 unspecified atom stereocenters. The highest BCUT2D eigenvalue weighted by atomic mass is 32.2. The van der Waals surface area contributed by atoms with Crippen LogP contribution in [0.15, 0.2) is 45.9 Å². The molecule has 2 N–H and O–H groups in total. The molecule has 0 bridgehead atoms. The van der Waals surface area contributed by atoms with Crippen molar-refractivity contribution in [3.63, 3.8) is 0 Å². The molecule has 0 amide bonds. The van der Waals surface area contributed by atoms with Crippen LogP contribution in [0.5, 0.6) is 0 Å². The maximum atomic E-state index is 13.2. The number of halogens is 1. The van der Waals surface area contributed by atoms with Gasteiger partial charge in [-0.15, -0.1) is 0 Å². The zero-order valence-electron chi connectivity index (χ0n) is 10.2. The SMILES string of the molecule is CN(Cc1ccco1)S(=O)(=O)c1cc(N)cc(F)c1. The second kappa shape index (κ2) is 5.02. The lowest BCUT2D eigenvalue weighted by atomic mass is 10.3. The Morgan fingerprint density at radius 1 is 1.37 bits per heavy atom. The molecule has 7 heteroatoms. The first-order chi connectivity index (χ1) is 8.89. The molecule has 0 saturated heterocycles. The van der Waals surface area contributed by atoms with E-state index in [0.29, 0.717) is 5.76 Å². The number of anilines is 1. The molecule has 0 atom stereocenters. The van der Waals surface area contributed by atoms with E-state index in [1.165, 1.54) is 19.4 Å². The third kappa shape index (κ3) is 2.94. The number of hydrogen-bond donors (Lipinski definition) is 1. The van der Waals surface area contributed by atoms with Crippen LogP contribution in [0.3, 0.4) is 0 Å². The van der Waals surface area contributed by atoms with Crippen molar-refractivity contribution in [1.82, 2.24) is 4.31 Å². The molecule has 0 fully saturated rings. The van der Waals surface area contributed by atoms with Gasteiger partial charge in [0.15, 0.2) is 0 Å². The minimum Gasteiger partial charge on any atom is -0.468 e. The van der Waals surface area contributed by atoms with E-state index in [-0.39, 0.29) is 17.1 Å². The van der Waals surface area contributed by atoms with Crippen molar-refractivity contribution < 1.29 is 17.2 Å². The highest BCUT2D eigenvalue weighted by Crippen LogP contribution is 2.20. The van der Waals surface area contributed by atoms with Gasteiger partial charge in [-0.25, -0.2) is 12.8 Å². The number of sulfonamides is 1. The molecule has 19 heavy (non-hydrogen) atoms. The van der Waals surface area contributed by atoms with E-state index in [0.717, 1.165) is 16.4 Å². The summed E-state index contributed by atoms with van der Waals surface area (Å²) in [5.41, 5.74) is 5.51. The molecule has 0 aliphatic rings. The molecule has 1 aromatic carbocycles. The lowest BCUT2D eigenvalue weighted by Gasteiger charge is -2.16. The van der Waals surface area contributed by atoms with Gasteiger partial charge in [-0.3, -0.25) is 0 Å². The van der Waals surface area contributed by atoms with Crippen LogP contribution < -0.4 is 5.73 Å². The Bertz CT molecular complexity index is 648. The van der Waals surface area contributed by atoms with Crippen molar-refractivity contribution in [2.75, 3.05) is 12.8 Å². The first kappa shape index (κ1) is 13.6. The molecule has 1 aromatic heterocycles. The molecule has 0 aliphatic carbocycles. The Morgan fingerprint density at radius 2 is 2.11 bits per heavy atom. The van der Waals surface area contributed by atoms with Crippen LogP contribution in [0, 0.1) is 5.82 Å². The fourth-order valence-electron chi connectivity index (χ4n) is 1.62. The predicted molar refractivity (Wildman–Crippen MR) is 68.2 cm³/mol. The molecule has 0 saturated carbocycles. The summed E-state index contributed by atoms with van der Waals surface area (Å²) in [5.74, 6) is -0.194. The van der Waals surface area contributed by atoms with Crippen molar-refractivity contribution >= 4 is 15.7 Å². The van der Waals surface area contributed by atoms with Crippen LogP contribution in [-0.4, -0.2) is 19.8 Å². The summed E-state index contributed by atoms with van der Waals surface area (Å²) in [5, 5.41) is 0. The van der Waals surface area contributed by atoms with Gasteiger partial charge in [0.1, 0.15) is 11.6 Å². The van der Waals surface area contributed by atoms with E-state index in [2.05, 4.69) is 0 Å². The third-order valence-electron chi connectivity index (χ3n) is 2.56. The minimum atomic E-state index is -3.81. The summed E-state index contributed by atoms with van der Waals surface area (Å²) in [4.78, 5) is -0.181. The lowest BCUT2D eigenvalue weighted by Crippen LogP contribution is -2.26. The van der Waals surface area contributed by atoms with Crippen molar-refractivity contribution in [3.05, 3.63) is 48.2 Å². The summed E-state index contributed by atoms with van der Waals surface area (Å²) in [7, 11) is -2.42. The second-order valence-corrected chi connectivity index (χ2v) is 6.11. The van der Waals surface area contributed by atoms with E-state index >= 15 is 0 Å². The Labute approximate surface area is 110 Å². The van der Waals surface area contributed by atoms with Crippen LogP contribution in [0.4, 0.5) is 10.1 Å². The maximum Gasteiger partial charge on any atom is 0.243 e. The third-order valence-corrected chi connectivity index (χ3v) is 4.34. The van der Waals surface area contributed by atoms with Gasteiger partial charge in [0.25, 0.3) is 0 Å². The van der Waals surface area contributed by atoms with Gasteiger partial charge in [0.2, 0.25) is 10.0 Å². The van der Waals surface area contributed by atoms with E-state index in [4.69, 9.17) is 10.2 Å². The highest BCUT2D eigenvalue weighted by Gasteiger charge is 2.22. The average Bonchev–Trinajstić information content (AvgIpc) is 2.80. The molecule has 0 spiro atoms. The maximum absolute atomic E-state index is 13.2. The number of rotatable bonds is 4. The van der Waals surface area contributed by atoms with Gasteiger partial charge in [0.05, 0.1) is 17.7 Å². The molecule has 0 radical (unpaired) electrons. The fraction of sp³-hybridized carbons (Fsp3) is 0.167.